The van der Waals surface area contributed by atoms with Crippen LogP contribution >= 0.6 is 11.8 Å². The smallest absolute Gasteiger partial charge is 0.387 e. The Hall–Kier alpha value is -0.440. The summed E-state index contributed by atoms with van der Waals surface area (Å²) in [6.07, 6.45) is -3.54. The lowest BCUT2D eigenvalue weighted by Gasteiger charge is -2.18. The number of amidine groups is 1. The Morgan fingerprint density at radius 2 is 2.00 bits per heavy atom. The minimum atomic E-state index is -4.55. The number of nitrogens with two attached hydrogens (primary N) is 1. The van der Waals surface area contributed by atoms with Crippen molar-refractivity contribution in [1.82, 2.24) is 0 Å². The first-order valence-electron chi connectivity index (χ1n) is 4.20. The van der Waals surface area contributed by atoms with Gasteiger partial charge in [0, 0.05) is 17.8 Å². The van der Waals surface area contributed by atoms with Crippen LogP contribution in [0.3, 0.4) is 0 Å². The van der Waals surface area contributed by atoms with Gasteiger partial charge in [-0.15, -0.1) is 0 Å². The maximum Gasteiger partial charge on any atom is 0.399 e. The second-order valence-corrected chi connectivity index (χ2v) is 6.66. The van der Waals surface area contributed by atoms with Gasteiger partial charge < -0.3 is 5.73 Å². The third kappa shape index (κ3) is 6.94. The molecule has 0 amide bonds. The van der Waals surface area contributed by atoms with E-state index in [4.69, 9.17) is 11.1 Å². The summed E-state index contributed by atoms with van der Waals surface area (Å²) in [7, 11) is -3.16. The summed E-state index contributed by atoms with van der Waals surface area (Å²) < 4.78 is 58.2. The summed E-state index contributed by atoms with van der Waals surface area (Å²) in [5.41, 5.74) is 4.82. The van der Waals surface area contributed by atoms with E-state index in [1.165, 1.54) is 0 Å². The molecular formula is C7H13F3N2O2S2. The second kappa shape index (κ2) is 5.76. The molecule has 0 aliphatic heterocycles. The number of alkyl halides is 3. The zero-order valence-corrected chi connectivity index (χ0v) is 10.2. The van der Waals surface area contributed by atoms with Gasteiger partial charge in [-0.05, 0) is 0 Å². The normalized spacial score (nSPS) is 14.8. The van der Waals surface area contributed by atoms with Crippen molar-refractivity contribution in [2.45, 2.75) is 6.18 Å². The maximum absolute atomic E-state index is 12.3. The first kappa shape index (κ1) is 15.6. The Bertz CT molecular complexity index is 340. The highest BCUT2D eigenvalue weighted by molar-refractivity contribution is 8.00. The van der Waals surface area contributed by atoms with Crippen molar-refractivity contribution in [3.63, 3.8) is 0 Å². The van der Waals surface area contributed by atoms with Gasteiger partial charge in [-0.25, -0.2) is 8.42 Å². The molecule has 4 nitrogen and oxygen atoms in total. The molecule has 1 atom stereocenters. The molecule has 0 aromatic carbocycles. The average Bonchev–Trinajstić information content (AvgIpc) is 1.97. The Labute approximate surface area is 96.2 Å². The molecule has 3 N–H and O–H groups in total. The molecule has 0 aliphatic carbocycles. The van der Waals surface area contributed by atoms with E-state index in [0.717, 1.165) is 18.0 Å². The van der Waals surface area contributed by atoms with Crippen LogP contribution < -0.4 is 5.73 Å². The van der Waals surface area contributed by atoms with Gasteiger partial charge in [-0.3, -0.25) is 5.41 Å². The zero-order chi connectivity index (χ0) is 13.0. The van der Waals surface area contributed by atoms with Crippen molar-refractivity contribution >= 4 is 27.4 Å². The van der Waals surface area contributed by atoms with Gasteiger partial charge in [-0.1, -0.05) is 0 Å². The Morgan fingerprint density at radius 1 is 1.50 bits per heavy atom. The van der Waals surface area contributed by atoms with Crippen molar-refractivity contribution < 1.29 is 21.6 Å². The summed E-state index contributed by atoms with van der Waals surface area (Å²) in [6, 6.07) is 0. The van der Waals surface area contributed by atoms with Gasteiger partial charge in [0.2, 0.25) is 0 Å². The first-order chi connectivity index (χ1) is 7.04. The van der Waals surface area contributed by atoms with Gasteiger partial charge in [-0.2, -0.15) is 24.9 Å². The molecule has 0 aliphatic rings. The monoisotopic (exact) mass is 278 g/mol. The van der Waals surface area contributed by atoms with E-state index in [1.807, 2.05) is 0 Å². The highest BCUT2D eigenvalue weighted by Gasteiger charge is 2.41. The Kier molecular flexibility index (Phi) is 5.60. The number of hydrogen-bond acceptors (Lipinski definition) is 4. The van der Waals surface area contributed by atoms with E-state index >= 15 is 0 Å². The van der Waals surface area contributed by atoms with Crippen LogP contribution in [-0.2, 0) is 9.84 Å². The average molecular weight is 278 g/mol. The van der Waals surface area contributed by atoms with Gasteiger partial charge >= 0.3 is 6.18 Å². The molecule has 16 heavy (non-hydrogen) atoms. The topological polar surface area (TPSA) is 84.0 Å². The Morgan fingerprint density at radius 3 is 2.31 bits per heavy atom. The van der Waals surface area contributed by atoms with E-state index in [9.17, 15) is 21.6 Å². The van der Waals surface area contributed by atoms with Gasteiger partial charge in [0.05, 0.1) is 5.75 Å². The number of rotatable bonds is 6. The largest absolute Gasteiger partial charge is 0.399 e. The molecule has 0 fully saturated rings. The summed E-state index contributed by atoms with van der Waals surface area (Å²) in [4.78, 5) is 0. The minimum Gasteiger partial charge on any atom is -0.387 e. The summed E-state index contributed by atoms with van der Waals surface area (Å²) >= 11 is 0.823. The van der Waals surface area contributed by atoms with Crippen LogP contribution in [0.1, 0.15) is 0 Å². The molecule has 0 saturated heterocycles. The molecule has 0 heterocycles. The quantitative estimate of drug-likeness (QED) is 0.429. The minimum absolute atomic E-state index is 0.0681. The predicted molar refractivity (Wildman–Crippen MR) is 58.5 cm³/mol. The van der Waals surface area contributed by atoms with E-state index in [2.05, 4.69) is 0 Å². The molecule has 96 valence electrons. The number of sulfone groups is 1. The van der Waals surface area contributed by atoms with Gasteiger partial charge in [0.15, 0.2) is 0 Å². The maximum atomic E-state index is 12.3. The fourth-order valence-electron chi connectivity index (χ4n) is 0.772. The lowest BCUT2D eigenvalue weighted by atomic mass is 10.1. The van der Waals surface area contributed by atoms with Crippen LogP contribution in [0.5, 0.6) is 0 Å². The fourth-order valence-corrected chi connectivity index (χ4v) is 3.23. The van der Waals surface area contributed by atoms with Crippen molar-refractivity contribution in [2.24, 2.45) is 11.7 Å². The number of halogens is 3. The lowest BCUT2D eigenvalue weighted by molar-refractivity contribution is -0.149. The summed E-state index contributed by atoms with van der Waals surface area (Å²) in [5, 5.41) is 6.79. The number of nitrogens with one attached hydrogen (secondary N) is 1. The zero-order valence-electron chi connectivity index (χ0n) is 8.54. The van der Waals surface area contributed by atoms with Crippen LogP contribution in [0, 0.1) is 11.3 Å². The third-order valence-electron chi connectivity index (χ3n) is 1.65. The Balaban J connectivity index is 4.12. The predicted octanol–water partition coefficient (Wildman–Crippen LogP) is 0.879. The highest BCUT2D eigenvalue weighted by Crippen LogP contribution is 2.28. The lowest BCUT2D eigenvalue weighted by Crippen LogP contribution is -2.37. The van der Waals surface area contributed by atoms with Crippen molar-refractivity contribution in [3.05, 3.63) is 0 Å². The van der Waals surface area contributed by atoms with Crippen LogP contribution in [-0.4, -0.2) is 43.9 Å². The molecular weight excluding hydrogens is 265 g/mol. The van der Waals surface area contributed by atoms with Crippen LogP contribution in [0.2, 0.25) is 0 Å². The molecule has 9 heteroatoms. The van der Waals surface area contributed by atoms with Gasteiger partial charge in [0.25, 0.3) is 0 Å². The van der Waals surface area contributed by atoms with E-state index in [-0.39, 0.29) is 11.5 Å². The molecule has 0 aromatic heterocycles. The van der Waals surface area contributed by atoms with Crippen LogP contribution in [0.15, 0.2) is 0 Å². The fraction of sp³-hybridized carbons (Fsp3) is 0.857. The molecule has 0 spiro atoms. The molecule has 0 radical (unpaired) electrons. The molecule has 0 rings (SSSR count). The highest BCUT2D eigenvalue weighted by atomic mass is 32.2. The van der Waals surface area contributed by atoms with Crippen LogP contribution in [0.25, 0.3) is 0 Å². The second-order valence-electron chi connectivity index (χ2n) is 3.25. The first-order valence-corrected chi connectivity index (χ1v) is 7.41. The van der Waals surface area contributed by atoms with Gasteiger partial charge in [0.1, 0.15) is 21.6 Å². The van der Waals surface area contributed by atoms with Crippen molar-refractivity contribution in [2.75, 3.05) is 23.5 Å². The van der Waals surface area contributed by atoms with E-state index < -0.39 is 33.5 Å². The van der Waals surface area contributed by atoms with Crippen molar-refractivity contribution in [1.29, 1.82) is 5.41 Å². The molecule has 1 unspecified atom stereocenters. The van der Waals surface area contributed by atoms with Crippen molar-refractivity contribution in [3.8, 4) is 0 Å². The summed E-state index contributed by atoms with van der Waals surface area (Å²) in [5.74, 6) is -3.48. The molecule has 0 saturated carbocycles. The molecule has 0 aromatic rings. The molecule has 0 bridgehead atoms. The summed E-state index contributed by atoms with van der Waals surface area (Å²) in [6.45, 7) is 0. The number of hydrogen-bond donors (Lipinski definition) is 2. The van der Waals surface area contributed by atoms with Crippen LogP contribution in [0.4, 0.5) is 13.2 Å². The standard InChI is InChI=1S/C7H13F3N2O2S2/c1-16(13,14)3-2-15-4-5(6(11)12)7(8,9)10/h5H,2-4H2,1H3,(H3,11,12). The third-order valence-corrected chi connectivity index (χ3v) is 3.92. The SMILES string of the molecule is CS(=O)(=O)CCSCC(C(=N)N)C(F)(F)F. The van der Waals surface area contributed by atoms with E-state index in [1.54, 1.807) is 0 Å². The number of thioether (sulfide) groups is 1. The van der Waals surface area contributed by atoms with E-state index in [0.29, 0.717) is 0 Å².